The fourth-order valence-electron chi connectivity index (χ4n) is 6.13. The number of unbranched alkanes of at least 4 members (excludes halogenated alkanes) is 12. The average Bonchev–Trinajstić information content (AvgIpc) is 3.30. The van der Waals surface area contributed by atoms with Crippen LogP contribution in [0.5, 0.6) is 0 Å². The molecule has 0 rings (SSSR count). The smallest absolute Gasteiger partial charge is 0.306 e. The van der Waals surface area contributed by atoms with E-state index in [1.165, 1.54) is 70.6 Å². The summed E-state index contributed by atoms with van der Waals surface area (Å²) in [5.74, 6) is -1.15. The van der Waals surface area contributed by atoms with Gasteiger partial charge in [-0.1, -0.05) is 212 Å². The van der Waals surface area contributed by atoms with Crippen molar-refractivity contribution in [3.63, 3.8) is 0 Å². The second-order valence-electron chi connectivity index (χ2n) is 16.1. The summed E-state index contributed by atoms with van der Waals surface area (Å²) >= 11 is 0. The molecule has 0 aliphatic rings. The number of esters is 3. The van der Waals surface area contributed by atoms with Crippen LogP contribution in [0.2, 0.25) is 0 Å². The van der Waals surface area contributed by atoms with E-state index in [0.29, 0.717) is 19.3 Å². The lowest BCUT2D eigenvalue weighted by atomic mass is 10.1. The Bertz CT molecular complexity index is 1490. The van der Waals surface area contributed by atoms with Crippen LogP contribution in [0, 0.1) is 0 Å². The largest absolute Gasteiger partial charge is 0.462 e. The van der Waals surface area contributed by atoms with Gasteiger partial charge >= 0.3 is 17.9 Å². The van der Waals surface area contributed by atoms with Gasteiger partial charge < -0.3 is 14.2 Å². The van der Waals surface area contributed by atoms with E-state index in [0.717, 1.165) is 57.8 Å². The van der Waals surface area contributed by atoms with Gasteiger partial charge in [0.1, 0.15) is 13.2 Å². The molecule has 6 nitrogen and oxygen atoms in total. The van der Waals surface area contributed by atoms with Gasteiger partial charge in [0.25, 0.3) is 0 Å². The number of rotatable bonds is 43. The molecule has 65 heavy (non-hydrogen) atoms. The van der Waals surface area contributed by atoms with Crippen molar-refractivity contribution in [3.8, 4) is 0 Å². The summed E-state index contributed by atoms with van der Waals surface area (Å²) in [6.07, 6.45) is 74.2. The summed E-state index contributed by atoms with van der Waals surface area (Å²) in [6, 6.07) is 0. The summed E-state index contributed by atoms with van der Waals surface area (Å²) in [5.41, 5.74) is 0. The van der Waals surface area contributed by atoms with Gasteiger partial charge in [0.05, 0.1) is 0 Å². The molecular formula is C59H90O6. The molecule has 6 heteroatoms. The number of allylic oxidation sites excluding steroid dienone is 24. The Labute approximate surface area is 397 Å². The summed E-state index contributed by atoms with van der Waals surface area (Å²) in [4.78, 5) is 37.9. The molecule has 0 amide bonds. The van der Waals surface area contributed by atoms with Gasteiger partial charge in [0.15, 0.2) is 6.10 Å². The van der Waals surface area contributed by atoms with Gasteiger partial charge in [0, 0.05) is 19.3 Å². The molecule has 0 aromatic rings. The van der Waals surface area contributed by atoms with Crippen molar-refractivity contribution in [1.29, 1.82) is 0 Å². The van der Waals surface area contributed by atoms with Crippen molar-refractivity contribution in [2.24, 2.45) is 0 Å². The standard InChI is InChI=1S/C59H90O6/c1-4-7-10-13-16-19-22-25-27-29-31-34-37-40-43-46-49-52-58(61)64-55-56(54-63-57(60)51-48-45-42-39-36-33-24-21-18-15-12-9-6-3)65-59(62)53-50-47-44-41-38-35-32-30-28-26-23-20-17-14-11-8-5-2/h9,12,15-16,18-19,21,24-28,31-36,39-44,56H,4-8,10-11,13-14,17,20,22-23,29-30,37-38,45-55H2,1-3H3/b12-9+,18-15+,19-16+,24-21+,27-25+,28-26+,34-31+,35-32+,36-33+,42-39+,43-40+,44-41+. The molecule has 0 bridgehead atoms. The quantitative estimate of drug-likeness (QED) is 0.0199. The van der Waals surface area contributed by atoms with Crippen LogP contribution in [-0.2, 0) is 28.6 Å². The first-order valence-corrected chi connectivity index (χ1v) is 25.4. The molecule has 0 heterocycles. The van der Waals surface area contributed by atoms with Crippen LogP contribution < -0.4 is 0 Å². The highest BCUT2D eigenvalue weighted by Crippen LogP contribution is 2.10. The zero-order valence-corrected chi connectivity index (χ0v) is 41.2. The molecule has 1 unspecified atom stereocenters. The highest BCUT2D eigenvalue weighted by molar-refractivity contribution is 5.71. The second-order valence-corrected chi connectivity index (χ2v) is 16.1. The SMILES string of the molecule is CC/C=C/C=C/C=C/C=C/C=C/CCCC(=O)OCC(COC(=O)CCC/C=C/C/C=C/C/C=C/C/C=C/CCCCC)OC(=O)CCC/C=C/C/C=C/C/C=C/CCCCCCCC. The van der Waals surface area contributed by atoms with Gasteiger partial charge in [-0.25, -0.2) is 0 Å². The summed E-state index contributed by atoms with van der Waals surface area (Å²) in [5, 5.41) is 0. The number of carbonyl (C=O) groups excluding carboxylic acids is 3. The van der Waals surface area contributed by atoms with Crippen molar-refractivity contribution in [2.75, 3.05) is 13.2 Å². The third-order valence-electron chi connectivity index (χ3n) is 9.93. The number of carbonyl (C=O) groups is 3. The number of ether oxygens (including phenoxy) is 3. The lowest BCUT2D eigenvalue weighted by molar-refractivity contribution is -0.166. The van der Waals surface area contributed by atoms with Crippen LogP contribution in [0.15, 0.2) is 146 Å². The maximum atomic E-state index is 12.8. The first-order valence-electron chi connectivity index (χ1n) is 25.4. The molecule has 0 fully saturated rings. The minimum atomic E-state index is -0.861. The number of hydrogen-bond acceptors (Lipinski definition) is 6. The Morgan fingerprint density at radius 2 is 0.662 bits per heavy atom. The van der Waals surface area contributed by atoms with E-state index in [-0.39, 0.29) is 44.4 Å². The van der Waals surface area contributed by atoms with Crippen molar-refractivity contribution in [1.82, 2.24) is 0 Å². The Morgan fingerprint density at radius 1 is 0.338 bits per heavy atom. The van der Waals surface area contributed by atoms with Crippen LogP contribution >= 0.6 is 0 Å². The molecule has 0 aromatic heterocycles. The molecular weight excluding hydrogens is 805 g/mol. The molecule has 0 radical (unpaired) electrons. The predicted molar refractivity (Wildman–Crippen MR) is 279 cm³/mol. The highest BCUT2D eigenvalue weighted by atomic mass is 16.6. The first kappa shape index (κ1) is 60.3. The van der Waals surface area contributed by atoms with E-state index in [2.05, 4.69) is 112 Å². The lowest BCUT2D eigenvalue weighted by Crippen LogP contribution is -2.30. The molecule has 0 saturated carbocycles. The van der Waals surface area contributed by atoms with E-state index in [1.54, 1.807) is 0 Å². The van der Waals surface area contributed by atoms with E-state index >= 15 is 0 Å². The van der Waals surface area contributed by atoms with E-state index < -0.39 is 12.1 Å². The second kappa shape index (κ2) is 51.9. The summed E-state index contributed by atoms with van der Waals surface area (Å²) in [6.45, 7) is 6.27. The minimum Gasteiger partial charge on any atom is -0.462 e. The van der Waals surface area contributed by atoms with Crippen LogP contribution in [0.25, 0.3) is 0 Å². The minimum absolute atomic E-state index is 0.155. The zero-order valence-electron chi connectivity index (χ0n) is 41.2. The van der Waals surface area contributed by atoms with Gasteiger partial charge in [-0.3, -0.25) is 14.4 Å². The third kappa shape index (κ3) is 50.2. The lowest BCUT2D eigenvalue weighted by Gasteiger charge is -2.18. The summed E-state index contributed by atoms with van der Waals surface area (Å²) < 4.78 is 16.6. The van der Waals surface area contributed by atoms with Gasteiger partial charge in [-0.2, -0.15) is 0 Å². The predicted octanol–water partition coefficient (Wildman–Crippen LogP) is 16.9. The monoisotopic (exact) mass is 895 g/mol. The fraction of sp³-hybridized carbons (Fsp3) is 0.542. The van der Waals surface area contributed by atoms with Gasteiger partial charge in [-0.05, 0) is 103 Å². The maximum absolute atomic E-state index is 12.8. The molecule has 0 aromatic carbocycles. The topological polar surface area (TPSA) is 78.9 Å². The highest BCUT2D eigenvalue weighted by Gasteiger charge is 2.19. The molecule has 362 valence electrons. The maximum Gasteiger partial charge on any atom is 0.306 e. The van der Waals surface area contributed by atoms with Crippen molar-refractivity contribution in [3.05, 3.63) is 146 Å². The third-order valence-corrected chi connectivity index (χ3v) is 9.93. The van der Waals surface area contributed by atoms with E-state index in [9.17, 15) is 14.4 Å². The fourth-order valence-corrected chi connectivity index (χ4v) is 6.13. The number of hydrogen-bond donors (Lipinski definition) is 0. The zero-order chi connectivity index (χ0) is 47.2. The van der Waals surface area contributed by atoms with E-state index in [1.807, 2.05) is 54.7 Å². The molecule has 0 spiro atoms. The Kier molecular flexibility index (Phi) is 48.2. The normalized spacial score (nSPS) is 13.3. The van der Waals surface area contributed by atoms with Gasteiger partial charge in [-0.15, -0.1) is 0 Å². The molecule has 0 aliphatic carbocycles. The van der Waals surface area contributed by atoms with Crippen molar-refractivity contribution >= 4 is 17.9 Å². The van der Waals surface area contributed by atoms with Crippen molar-refractivity contribution in [2.45, 2.75) is 194 Å². The first-order chi connectivity index (χ1) is 32.0. The van der Waals surface area contributed by atoms with Crippen molar-refractivity contribution < 1.29 is 28.6 Å². The summed E-state index contributed by atoms with van der Waals surface area (Å²) in [7, 11) is 0. The van der Waals surface area contributed by atoms with Crippen LogP contribution in [0.4, 0.5) is 0 Å². The van der Waals surface area contributed by atoms with Gasteiger partial charge in [0.2, 0.25) is 0 Å². The van der Waals surface area contributed by atoms with E-state index in [4.69, 9.17) is 14.2 Å². The Balaban J connectivity index is 4.68. The van der Waals surface area contributed by atoms with Crippen LogP contribution in [0.3, 0.4) is 0 Å². The average molecular weight is 895 g/mol. The molecule has 0 saturated heterocycles. The Morgan fingerprint density at radius 3 is 1.11 bits per heavy atom. The molecule has 0 N–H and O–H groups in total. The van der Waals surface area contributed by atoms with Crippen LogP contribution in [-0.4, -0.2) is 37.2 Å². The van der Waals surface area contributed by atoms with Crippen LogP contribution in [0.1, 0.15) is 188 Å². The Hall–Kier alpha value is -4.71. The molecule has 1 atom stereocenters. The molecule has 0 aliphatic heterocycles.